The van der Waals surface area contributed by atoms with Crippen LogP contribution in [0.25, 0.3) is 11.1 Å². The molecule has 0 unspecified atom stereocenters. The first-order chi connectivity index (χ1) is 10.1. The number of carbonyl (C=O) groups excluding carboxylic acids is 1. The molecule has 0 aliphatic heterocycles. The van der Waals surface area contributed by atoms with Gasteiger partial charge in [0.25, 0.3) is 0 Å². The van der Waals surface area contributed by atoms with Gasteiger partial charge >= 0.3 is 5.97 Å². The summed E-state index contributed by atoms with van der Waals surface area (Å²) in [5.41, 5.74) is 10.4. The second-order valence-electron chi connectivity index (χ2n) is 5.13. The predicted molar refractivity (Wildman–Crippen MR) is 84.9 cm³/mol. The van der Waals surface area contributed by atoms with E-state index in [2.05, 4.69) is 43.3 Å². The summed E-state index contributed by atoms with van der Waals surface area (Å²) in [5, 5.41) is 0. The van der Waals surface area contributed by atoms with Crippen LogP contribution in [0.2, 0.25) is 0 Å². The monoisotopic (exact) mass is 283 g/mol. The third kappa shape index (κ3) is 4.17. The van der Waals surface area contributed by atoms with Gasteiger partial charge in [-0.05, 0) is 37.0 Å². The highest BCUT2D eigenvalue weighted by Gasteiger charge is 2.14. The van der Waals surface area contributed by atoms with E-state index in [-0.39, 0.29) is 5.97 Å². The molecule has 0 amide bonds. The lowest BCUT2D eigenvalue weighted by Crippen LogP contribution is -2.34. The molecular weight excluding hydrogens is 262 g/mol. The van der Waals surface area contributed by atoms with E-state index >= 15 is 0 Å². The molecule has 0 fully saturated rings. The molecule has 0 aromatic heterocycles. The van der Waals surface area contributed by atoms with Crippen molar-refractivity contribution in [3.63, 3.8) is 0 Å². The Morgan fingerprint density at radius 2 is 1.57 bits per heavy atom. The Balaban J connectivity index is 2.05. The SMILES string of the molecule is CCOC(=O)[C@@H](N)Cc1ccc(-c2ccc(C)cc2)cc1. The van der Waals surface area contributed by atoms with Crippen molar-refractivity contribution < 1.29 is 9.53 Å². The fraction of sp³-hybridized carbons (Fsp3) is 0.278. The number of aryl methyl sites for hydroxylation is 1. The summed E-state index contributed by atoms with van der Waals surface area (Å²) in [6.07, 6.45) is 0.493. The molecule has 2 N–H and O–H groups in total. The van der Waals surface area contributed by atoms with Crippen LogP contribution in [0.15, 0.2) is 48.5 Å². The first-order valence-electron chi connectivity index (χ1n) is 7.18. The maximum absolute atomic E-state index is 11.5. The van der Waals surface area contributed by atoms with Gasteiger partial charge in [0.15, 0.2) is 0 Å². The van der Waals surface area contributed by atoms with Crippen molar-refractivity contribution >= 4 is 5.97 Å². The lowest BCUT2D eigenvalue weighted by Gasteiger charge is -2.11. The highest BCUT2D eigenvalue weighted by Crippen LogP contribution is 2.20. The average Bonchev–Trinajstić information content (AvgIpc) is 2.49. The van der Waals surface area contributed by atoms with Gasteiger partial charge in [-0.1, -0.05) is 54.1 Å². The summed E-state index contributed by atoms with van der Waals surface area (Å²) < 4.78 is 4.92. The summed E-state index contributed by atoms with van der Waals surface area (Å²) in [4.78, 5) is 11.5. The van der Waals surface area contributed by atoms with Crippen LogP contribution in [0.4, 0.5) is 0 Å². The van der Waals surface area contributed by atoms with Crippen molar-refractivity contribution in [3.05, 3.63) is 59.7 Å². The average molecular weight is 283 g/mol. The fourth-order valence-electron chi connectivity index (χ4n) is 2.17. The zero-order chi connectivity index (χ0) is 15.2. The molecule has 0 heterocycles. The minimum absolute atomic E-state index is 0.347. The van der Waals surface area contributed by atoms with Gasteiger partial charge in [-0.3, -0.25) is 4.79 Å². The van der Waals surface area contributed by atoms with Crippen molar-refractivity contribution in [3.8, 4) is 11.1 Å². The topological polar surface area (TPSA) is 52.3 Å². The van der Waals surface area contributed by atoms with Crippen LogP contribution in [0, 0.1) is 6.92 Å². The van der Waals surface area contributed by atoms with Gasteiger partial charge in [0.1, 0.15) is 6.04 Å². The summed E-state index contributed by atoms with van der Waals surface area (Å²) in [6, 6.07) is 15.9. The molecule has 3 heteroatoms. The lowest BCUT2D eigenvalue weighted by molar-refractivity contribution is -0.144. The Morgan fingerprint density at radius 3 is 2.10 bits per heavy atom. The molecule has 0 radical (unpaired) electrons. The molecule has 0 aliphatic carbocycles. The van der Waals surface area contributed by atoms with Gasteiger partial charge in [-0.25, -0.2) is 0 Å². The summed E-state index contributed by atoms with van der Waals surface area (Å²) in [7, 11) is 0. The maximum atomic E-state index is 11.5. The van der Waals surface area contributed by atoms with Crippen LogP contribution in [0.1, 0.15) is 18.1 Å². The molecule has 1 atom stereocenters. The molecule has 21 heavy (non-hydrogen) atoms. The van der Waals surface area contributed by atoms with Crippen LogP contribution < -0.4 is 5.73 Å². The fourth-order valence-corrected chi connectivity index (χ4v) is 2.17. The first-order valence-corrected chi connectivity index (χ1v) is 7.18. The van der Waals surface area contributed by atoms with Crippen molar-refractivity contribution in [2.45, 2.75) is 26.3 Å². The largest absolute Gasteiger partial charge is 0.465 e. The molecule has 110 valence electrons. The number of rotatable bonds is 5. The van der Waals surface area contributed by atoms with E-state index in [9.17, 15) is 4.79 Å². The normalized spacial score (nSPS) is 12.0. The number of benzene rings is 2. The number of carbonyl (C=O) groups is 1. The van der Waals surface area contributed by atoms with Crippen molar-refractivity contribution in [2.75, 3.05) is 6.61 Å². The standard InChI is InChI=1S/C18H21NO2/c1-3-21-18(20)17(19)12-14-6-10-16(11-7-14)15-8-4-13(2)5-9-15/h4-11,17H,3,12,19H2,1-2H3/t17-/m0/s1. The van der Waals surface area contributed by atoms with Crippen LogP contribution in [0.5, 0.6) is 0 Å². The smallest absolute Gasteiger partial charge is 0.323 e. The zero-order valence-corrected chi connectivity index (χ0v) is 12.5. The number of hydrogen-bond acceptors (Lipinski definition) is 3. The van der Waals surface area contributed by atoms with E-state index in [4.69, 9.17) is 10.5 Å². The van der Waals surface area contributed by atoms with Crippen molar-refractivity contribution in [2.24, 2.45) is 5.73 Å². The van der Waals surface area contributed by atoms with Crippen LogP contribution in [-0.2, 0) is 16.0 Å². The Kier molecular flexibility index (Phi) is 5.12. The van der Waals surface area contributed by atoms with Crippen LogP contribution in [-0.4, -0.2) is 18.6 Å². The van der Waals surface area contributed by atoms with Gasteiger partial charge in [0.05, 0.1) is 6.61 Å². The van der Waals surface area contributed by atoms with Crippen molar-refractivity contribution in [1.82, 2.24) is 0 Å². The molecule has 0 bridgehead atoms. The molecule has 2 aromatic carbocycles. The van der Waals surface area contributed by atoms with Crippen LogP contribution >= 0.6 is 0 Å². The molecule has 0 aliphatic rings. The minimum Gasteiger partial charge on any atom is -0.465 e. The highest BCUT2D eigenvalue weighted by molar-refractivity contribution is 5.76. The van der Waals surface area contributed by atoms with E-state index in [0.717, 1.165) is 11.1 Å². The molecule has 3 nitrogen and oxygen atoms in total. The number of ether oxygens (including phenoxy) is 1. The molecular formula is C18H21NO2. The molecule has 0 saturated heterocycles. The summed E-state index contributed by atoms with van der Waals surface area (Å²) in [6.45, 7) is 4.21. The molecule has 2 rings (SSSR count). The summed E-state index contributed by atoms with van der Waals surface area (Å²) in [5.74, 6) is -0.347. The Labute approximate surface area is 125 Å². The summed E-state index contributed by atoms with van der Waals surface area (Å²) >= 11 is 0. The minimum atomic E-state index is -0.602. The molecule has 2 aromatic rings. The van der Waals surface area contributed by atoms with E-state index in [1.165, 1.54) is 11.1 Å². The highest BCUT2D eigenvalue weighted by atomic mass is 16.5. The lowest BCUT2D eigenvalue weighted by atomic mass is 10.0. The van der Waals surface area contributed by atoms with E-state index in [0.29, 0.717) is 13.0 Å². The number of nitrogens with two attached hydrogens (primary N) is 1. The zero-order valence-electron chi connectivity index (χ0n) is 12.5. The molecule has 0 spiro atoms. The number of esters is 1. The van der Waals surface area contributed by atoms with Gasteiger partial charge in [0.2, 0.25) is 0 Å². The van der Waals surface area contributed by atoms with E-state index in [1.54, 1.807) is 6.92 Å². The Bertz CT molecular complexity index is 588. The van der Waals surface area contributed by atoms with Crippen LogP contribution in [0.3, 0.4) is 0 Å². The second kappa shape index (κ2) is 7.04. The Hall–Kier alpha value is -2.13. The molecule has 0 saturated carbocycles. The van der Waals surface area contributed by atoms with Gasteiger partial charge in [-0.15, -0.1) is 0 Å². The third-order valence-electron chi connectivity index (χ3n) is 3.38. The van der Waals surface area contributed by atoms with Gasteiger partial charge in [-0.2, -0.15) is 0 Å². The maximum Gasteiger partial charge on any atom is 0.323 e. The third-order valence-corrected chi connectivity index (χ3v) is 3.38. The van der Waals surface area contributed by atoms with E-state index in [1.807, 2.05) is 12.1 Å². The Morgan fingerprint density at radius 1 is 1.05 bits per heavy atom. The first kappa shape index (κ1) is 15.3. The van der Waals surface area contributed by atoms with Gasteiger partial charge < -0.3 is 10.5 Å². The van der Waals surface area contributed by atoms with Crippen molar-refractivity contribution in [1.29, 1.82) is 0 Å². The second-order valence-corrected chi connectivity index (χ2v) is 5.13. The van der Waals surface area contributed by atoms with E-state index < -0.39 is 6.04 Å². The van der Waals surface area contributed by atoms with Gasteiger partial charge in [0, 0.05) is 0 Å². The predicted octanol–water partition coefficient (Wildman–Crippen LogP) is 3.09. The number of hydrogen-bond donors (Lipinski definition) is 1. The quantitative estimate of drug-likeness (QED) is 0.858.